The van der Waals surface area contributed by atoms with Crippen LogP contribution in [0.15, 0.2) is 30.3 Å². The van der Waals surface area contributed by atoms with Crippen molar-refractivity contribution in [1.29, 1.82) is 0 Å². The lowest BCUT2D eigenvalue weighted by atomic mass is 9.83. The Hall–Kier alpha value is -1.06. The molecule has 1 aliphatic carbocycles. The minimum atomic E-state index is -0.117. The minimum absolute atomic E-state index is 0. The van der Waals surface area contributed by atoms with Gasteiger partial charge in [-0.25, -0.2) is 0 Å². The minimum Gasteiger partial charge on any atom is -0.351 e. The summed E-state index contributed by atoms with van der Waals surface area (Å²) in [5.41, 5.74) is 6.94. The molecule has 1 aromatic rings. The molecule has 1 saturated carbocycles. The molecule has 0 saturated heterocycles. The normalized spacial score (nSPS) is 18.4. The fraction of sp³-hybridized carbons (Fsp3) is 0.588. The van der Waals surface area contributed by atoms with E-state index in [1.807, 2.05) is 37.3 Å². The highest BCUT2D eigenvalue weighted by Gasteiger charge is 2.25. The van der Waals surface area contributed by atoms with E-state index >= 15 is 0 Å². The van der Waals surface area contributed by atoms with Crippen molar-refractivity contribution in [3.63, 3.8) is 0 Å². The second-order valence-corrected chi connectivity index (χ2v) is 5.88. The number of amides is 1. The van der Waals surface area contributed by atoms with E-state index in [-0.39, 0.29) is 30.3 Å². The van der Waals surface area contributed by atoms with E-state index in [2.05, 4.69) is 5.32 Å². The monoisotopic (exact) mass is 310 g/mol. The molecule has 3 nitrogen and oxygen atoms in total. The molecule has 3 N–H and O–H groups in total. The molecule has 21 heavy (non-hydrogen) atoms. The number of rotatable bonds is 5. The first-order valence-corrected chi connectivity index (χ1v) is 7.77. The van der Waals surface area contributed by atoms with Gasteiger partial charge < -0.3 is 11.1 Å². The van der Waals surface area contributed by atoms with Crippen molar-refractivity contribution < 1.29 is 4.79 Å². The van der Waals surface area contributed by atoms with Gasteiger partial charge in [-0.05, 0) is 31.2 Å². The number of hydrogen-bond donors (Lipinski definition) is 2. The van der Waals surface area contributed by atoms with Gasteiger partial charge in [0.05, 0.1) is 5.92 Å². The summed E-state index contributed by atoms with van der Waals surface area (Å²) in [6.45, 7) is 2.50. The van der Waals surface area contributed by atoms with Crippen LogP contribution >= 0.6 is 12.4 Å². The fourth-order valence-electron chi connectivity index (χ4n) is 3.11. The summed E-state index contributed by atoms with van der Waals surface area (Å²) in [4.78, 5) is 12.4. The molecular weight excluding hydrogens is 284 g/mol. The zero-order chi connectivity index (χ0) is 14.4. The molecule has 2 rings (SSSR count). The highest BCUT2D eigenvalue weighted by Crippen LogP contribution is 2.26. The van der Waals surface area contributed by atoms with E-state index in [4.69, 9.17) is 5.73 Å². The Morgan fingerprint density at radius 3 is 2.43 bits per heavy atom. The van der Waals surface area contributed by atoms with E-state index in [0.29, 0.717) is 12.5 Å². The van der Waals surface area contributed by atoms with Crippen LogP contribution in [0.25, 0.3) is 0 Å². The lowest BCUT2D eigenvalue weighted by molar-refractivity contribution is -0.123. The Morgan fingerprint density at radius 2 is 1.86 bits per heavy atom. The lowest BCUT2D eigenvalue weighted by Crippen LogP contribution is -2.47. The van der Waals surface area contributed by atoms with Crippen LogP contribution in [-0.4, -0.2) is 18.5 Å². The summed E-state index contributed by atoms with van der Waals surface area (Å²) in [6, 6.07) is 10.1. The first-order valence-electron chi connectivity index (χ1n) is 7.77. The molecule has 1 aliphatic rings. The van der Waals surface area contributed by atoms with Crippen LogP contribution in [-0.2, 0) is 4.79 Å². The molecule has 2 atom stereocenters. The Kier molecular flexibility index (Phi) is 7.76. The van der Waals surface area contributed by atoms with Crippen molar-refractivity contribution in [3.8, 4) is 0 Å². The molecular formula is C17H27ClN2O. The second-order valence-electron chi connectivity index (χ2n) is 5.88. The fourth-order valence-corrected chi connectivity index (χ4v) is 3.11. The summed E-state index contributed by atoms with van der Waals surface area (Å²) in [5, 5.41) is 3.17. The molecule has 4 heteroatoms. The van der Waals surface area contributed by atoms with Gasteiger partial charge in [0.2, 0.25) is 5.91 Å². The number of nitrogens with one attached hydrogen (secondary N) is 1. The van der Waals surface area contributed by atoms with Crippen LogP contribution in [0.5, 0.6) is 0 Å². The Morgan fingerprint density at radius 1 is 1.24 bits per heavy atom. The molecule has 0 radical (unpaired) electrons. The van der Waals surface area contributed by atoms with Crippen molar-refractivity contribution in [2.45, 2.75) is 51.0 Å². The van der Waals surface area contributed by atoms with Crippen LogP contribution < -0.4 is 11.1 Å². The zero-order valence-corrected chi connectivity index (χ0v) is 13.6. The maximum Gasteiger partial charge on any atom is 0.227 e. The number of nitrogens with two attached hydrogens (primary N) is 1. The third-order valence-corrected chi connectivity index (χ3v) is 4.49. The number of carbonyl (C=O) groups is 1. The van der Waals surface area contributed by atoms with Gasteiger partial charge in [0.1, 0.15) is 0 Å². The van der Waals surface area contributed by atoms with Gasteiger partial charge in [-0.1, -0.05) is 49.6 Å². The van der Waals surface area contributed by atoms with E-state index in [0.717, 1.165) is 5.56 Å². The van der Waals surface area contributed by atoms with Gasteiger partial charge in [-0.3, -0.25) is 4.79 Å². The summed E-state index contributed by atoms with van der Waals surface area (Å²) >= 11 is 0. The molecule has 1 amide bonds. The summed E-state index contributed by atoms with van der Waals surface area (Å²) in [6.07, 6.45) is 6.25. The molecule has 1 fully saturated rings. The molecule has 1 aromatic carbocycles. The third kappa shape index (κ3) is 5.01. The van der Waals surface area contributed by atoms with E-state index in [1.54, 1.807) is 0 Å². The summed E-state index contributed by atoms with van der Waals surface area (Å²) in [5.74, 6) is 0.534. The van der Waals surface area contributed by atoms with Gasteiger partial charge in [-0.2, -0.15) is 0 Å². The van der Waals surface area contributed by atoms with Crippen LogP contribution in [0.2, 0.25) is 0 Å². The van der Waals surface area contributed by atoms with Crippen LogP contribution in [0.1, 0.15) is 50.5 Å². The lowest BCUT2D eigenvalue weighted by Gasteiger charge is -2.31. The molecule has 0 aromatic heterocycles. The molecule has 0 heterocycles. The molecule has 0 bridgehead atoms. The Bertz CT molecular complexity index is 418. The topological polar surface area (TPSA) is 55.1 Å². The molecule has 0 spiro atoms. The smallest absolute Gasteiger partial charge is 0.227 e. The summed E-state index contributed by atoms with van der Waals surface area (Å²) in [7, 11) is 0. The predicted molar refractivity (Wildman–Crippen MR) is 89.7 cm³/mol. The van der Waals surface area contributed by atoms with Crippen LogP contribution in [0.3, 0.4) is 0 Å². The van der Waals surface area contributed by atoms with Gasteiger partial charge in [0, 0.05) is 12.6 Å². The van der Waals surface area contributed by atoms with Crippen molar-refractivity contribution >= 4 is 18.3 Å². The maximum atomic E-state index is 12.4. The number of benzene rings is 1. The van der Waals surface area contributed by atoms with Crippen LogP contribution in [0, 0.1) is 5.92 Å². The molecule has 0 aliphatic heterocycles. The second kappa shape index (κ2) is 9.06. The first kappa shape index (κ1) is 18.0. The standard InChI is InChI=1S/C17H26N2O.ClH/c1-13(14-8-4-2-5-9-14)17(20)19-16(12-18)15-10-6-3-7-11-15;/h2,4-5,8-9,13,15-16H,3,6-7,10-12,18H2,1H3,(H,19,20);1H. The van der Waals surface area contributed by atoms with E-state index < -0.39 is 0 Å². The quantitative estimate of drug-likeness (QED) is 0.877. The predicted octanol–water partition coefficient (Wildman–Crippen LogP) is 3.24. The van der Waals surface area contributed by atoms with Gasteiger partial charge in [0.25, 0.3) is 0 Å². The highest BCUT2D eigenvalue weighted by atomic mass is 35.5. The van der Waals surface area contributed by atoms with Crippen molar-refractivity contribution in [2.75, 3.05) is 6.54 Å². The Balaban J connectivity index is 0.00000220. The largest absolute Gasteiger partial charge is 0.351 e. The van der Waals surface area contributed by atoms with Gasteiger partial charge >= 0.3 is 0 Å². The third-order valence-electron chi connectivity index (χ3n) is 4.49. The molecule has 2 unspecified atom stereocenters. The van der Waals surface area contributed by atoms with Gasteiger partial charge in [-0.15, -0.1) is 12.4 Å². The number of hydrogen-bond acceptors (Lipinski definition) is 2. The van der Waals surface area contributed by atoms with Crippen LogP contribution in [0.4, 0.5) is 0 Å². The number of carbonyl (C=O) groups excluding carboxylic acids is 1. The van der Waals surface area contributed by atoms with Crippen molar-refractivity contribution in [2.24, 2.45) is 11.7 Å². The highest BCUT2D eigenvalue weighted by molar-refractivity contribution is 5.85. The van der Waals surface area contributed by atoms with Gasteiger partial charge in [0.15, 0.2) is 0 Å². The molecule has 118 valence electrons. The SMILES string of the molecule is CC(C(=O)NC(CN)C1CCCCC1)c1ccccc1.Cl. The maximum absolute atomic E-state index is 12.4. The average molecular weight is 311 g/mol. The Labute approximate surface area is 134 Å². The van der Waals surface area contributed by atoms with E-state index in [1.165, 1.54) is 32.1 Å². The number of halogens is 1. The van der Waals surface area contributed by atoms with Crippen molar-refractivity contribution in [3.05, 3.63) is 35.9 Å². The average Bonchev–Trinajstić information content (AvgIpc) is 2.53. The van der Waals surface area contributed by atoms with Crippen molar-refractivity contribution in [1.82, 2.24) is 5.32 Å². The first-order chi connectivity index (χ1) is 9.72. The summed E-state index contributed by atoms with van der Waals surface area (Å²) < 4.78 is 0. The zero-order valence-electron chi connectivity index (χ0n) is 12.8. The van der Waals surface area contributed by atoms with E-state index in [9.17, 15) is 4.79 Å².